The fourth-order valence-electron chi connectivity index (χ4n) is 7.86. The first kappa shape index (κ1) is 58.1. The fraction of sp³-hybridized carbons (Fsp3) is 0.600. The molecule has 64 heavy (non-hydrogen) atoms. The second kappa shape index (κ2) is 44.3. The molecule has 4 aromatic rings. The van der Waals surface area contributed by atoms with E-state index in [0.717, 1.165) is 37.2 Å². The third kappa shape index (κ3) is 34.5. The van der Waals surface area contributed by atoms with Crippen molar-refractivity contribution in [2.24, 2.45) is 0 Å². The van der Waals surface area contributed by atoms with E-state index in [9.17, 15) is 10.2 Å². The lowest BCUT2D eigenvalue weighted by molar-refractivity contribution is 0.304. The van der Waals surface area contributed by atoms with Gasteiger partial charge in [0, 0.05) is 0 Å². The number of para-hydroxylation sites is 3. The van der Waals surface area contributed by atoms with Crippen LogP contribution in [0.3, 0.4) is 0 Å². The van der Waals surface area contributed by atoms with Gasteiger partial charge in [-0.2, -0.15) is 0 Å². The van der Waals surface area contributed by atoms with Gasteiger partial charge in [0.25, 0.3) is 0 Å². The summed E-state index contributed by atoms with van der Waals surface area (Å²) in [6.07, 6.45) is 40.6. The molecular weight excluding hydrogens is 785 g/mol. The smallest absolute Gasteiger partial charge is 0.119 e. The maximum Gasteiger partial charge on any atom is 0.119 e. The SMILES string of the molecule is CCCCCCCCCOc1ccccc1.CCCCCCCCCc1cccc(O)c1CCCCCCCCC.CCCCCCCCCc1ccccc1O.Oc1ccccc1. The summed E-state index contributed by atoms with van der Waals surface area (Å²) in [4.78, 5) is 0. The Balaban J connectivity index is 0.000000458. The topological polar surface area (TPSA) is 69.9 Å². The highest BCUT2D eigenvalue weighted by Gasteiger charge is 2.08. The molecule has 0 bridgehead atoms. The lowest BCUT2D eigenvalue weighted by Gasteiger charge is -2.12. The molecule has 4 heteroatoms. The van der Waals surface area contributed by atoms with Crippen LogP contribution in [0.15, 0.2) is 103 Å². The lowest BCUT2D eigenvalue weighted by Crippen LogP contribution is -1.96. The van der Waals surface area contributed by atoms with E-state index in [1.807, 2.05) is 66.7 Å². The van der Waals surface area contributed by atoms with E-state index in [2.05, 4.69) is 33.8 Å². The van der Waals surface area contributed by atoms with Crippen LogP contribution in [0.5, 0.6) is 23.0 Å². The van der Waals surface area contributed by atoms with E-state index >= 15 is 0 Å². The number of phenols is 3. The largest absolute Gasteiger partial charge is 0.508 e. The van der Waals surface area contributed by atoms with Crippen LogP contribution in [0.25, 0.3) is 0 Å². The van der Waals surface area contributed by atoms with Crippen molar-refractivity contribution in [1.82, 2.24) is 0 Å². The first-order valence-corrected chi connectivity index (χ1v) is 26.4. The summed E-state index contributed by atoms with van der Waals surface area (Å²) in [7, 11) is 0. The van der Waals surface area contributed by atoms with Crippen LogP contribution in [-0.2, 0) is 19.3 Å². The van der Waals surface area contributed by atoms with Gasteiger partial charge in [-0.25, -0.2) is 0 Å². The second-order valence-electron chi connectivity index (χ2n) is 17.8. The molecule has 4 rings (SSSR count). The predicted molar refractivity (Wildman–Crippen MR) is 279 cm³/mol. The van der Waals surface area contributed by atoms with Crippen molar-refractivity contribution in [3.63, 3.8) is 0 Å². The van der Waals surface area contributed by atoms with Gasteiger partial charge < -0.3 is 20.1 Å². The monoisotopic (exact) mass is 881 g/mol. The molecule has 3 N–H and O–H groups in total. The highest BCUT2D eigenvalue weighted by molar-refractivity contribution is 5.39. The van der Waals surface area contributed by atoms with Crippen molar-refractivity contribution >= 4 is 0 Å². The molecule has 0 saturated heterocycles. The summed E-state index contributed by atoms with van der Waals surface area (Å²) in [5.41, 5.74) is 3.71. The Morgan fingerprint density at radius 3 is 1.12 bits per heavy atom. The molecule has 0 aliphatic heterocycles. The number of ether oxygens (including phenoxy) is 1. The van der Waals surface area contributed by atoms with Crippen LogP contribution >= 0.6 is 0 Å². The average molecular weight is 881 g/mol. The molecule has 0 aromatic heterocycles. The van der Waals surface area contributed by atoms with Gasteiger partial charge in [-0.3, -0.25) is 0 Å². The Morgan fingerprint density at radius 2 is 0.672 bits per heavy atom. The molecule has 4 aromatic carbocycles. The molecule has 0 unspecified atom stereocenters. The zero-order valence-electron chi connectivity index (χ0n) is 41.7. The zero-order valence-corrected chi connectivity index (χ0v) is 41.7. The number of aromatic hydroxyl groups is 3. The third-order valence-electron chi connectivity index (χ3n) is 11.9. The molecular formula is C60H96O4. The van der Waals surface area contributed by atoms with E-state index in [4.69, 9.17) is 9.84 Å². The predicted octanol–water partition coefficient (Wildman–Crippen LogP) is 18.9. The maximum absolute atomic E-state index is 10.3. The quantitative estimate of drug-likeness (QED) is 0.0417. The van der Waals surface area contributed by atoms with Crippen molar-refractivity contribution in [2.75, 3.05) is 6.61 Å². The minimum Gasteiger partial charge on any atom is -0.508 e. The molecule has 360 valence electrons. The number of rotatable bonds is 33. The first-order valence-electron chi connectivity index (χ1n) is 26.4. The molecule has 4 nitrogen and oxygen atoms in total. The zero-order chi connectivity index (χ0) is 46.4. The molecule has 0 amide bonds. The Labute approximate surface area is 394 Å². The van der Waals surface area contributed by atoms with Gasteiger partial charge in [0.05, 0.1) is 6.61 Å². The van der Waals surface area contributed by atoms with Gasteiger partial charge in [0.15, 0.2) is 0 Å². The van der Waals surface area contributed by atoms with E-state index in [1.54, 1.807) is 30.3 Å². The van der Waals surface area contributed by atoms with Gasteiger partial charge >= 0.3 is 0 Å². The van der Waals surface area contributed by atoms with Gasteiger partial charge in [-0.1, -0.05) is 249 Å². The van der Waals surface area contributed by atoms with E-state index in [1.165, 1.54) is 191 Å². The van der Waals surface area contributed by atoms with Crippen LogP contribution in [0.1, 0.15) is 224 Å². The Morgan fingerprint density at radius 1 is 0.312 bits per heavy atom. The van der Waals surface area contributed by atoms with Crippen LogP contribution in [0.2, 0.25) is 0 Å². The van der Waals surface area contributed by atoms with Gasteiger partial charge in [-0.05, 0) is 98.0 Å². The standard InChI is InChI=1S/C24H42O.2C15H24O.C6H6O/c1-3-5-7-9-11-13-15-18-22-19-17-21-24(25)23(22)20-16-14-12-10-8-6-4-2;1-2-3-4-5-6-7-11-14-16-15-12-9-8-10-13-15;1-2-3-4-5-6-7-8-11-14-12-9-10-13-15(14)16;7-6-4-2-1-3-5-6/h17,19,21,25H,3-16,18,20H2,1-2H3;8-10,12-13H,2-7,11,14H2,1H3;9-10,12-13,16H,2-8,11H2,1H3;1-5,7H. The summed E-state index contributed by atoms with van der Waals surface area (Å²) in [5.74, 6) is 2.29. The van der Waals surface area contributed by atoms with Crippen LogP contribution in [0.4, 0.5) is 0 Å². The van der Waals surface area contributed by atoms with Crippen LogP contribution in [-0.4, -0.2) is 21.9 Å². The summed E-state index contributed by atoms with van der Waals surface area (Å²) < 4.78 is 5.63. The lowest BCUT2D eigenvalue weighted by atomic mass is 9.95. The van der Waals surface area contributed by atoms with Crippen molar-refractivity contribution in [3.05, 3.63) is 120 Å². The van der Waals surface area contributed by atoms with Crippen molar-refractivity contribution < 1.29 is 20.1 Å². The normalized spacial score (nSPS) is 10.5. The molecule has 0 atom stereocenters. The number of benzene rings is 4. The summed E-state index contributed by atoms with van der Waals surface area (Å²) in [6.45, 7) is 9.91. The van der Waals surface area contributed by atoms with E-state index in [-0.39, 0.29) is 0 Å². The second-order valence-corrected chi connectivity index (χ2v) is 17.8. The molecule has 0 radical (unpaired) electrons. The number of unbranched alkanes of at least 4 members (excludes halogenated alkanes) is 24. The van der Waals surface area contributed by atoms with Gasteiger partial charge in [0.2, 0.25) is 0 Å². The van der Waals surface area contributed by atoms with Crippen LogP contribution < -0.4 is 4.74 Å². The average Bonchev–Trinajstić information content (AvgIpc) is 3.31. The minimum absolute atomic E-state index is 0.322. The Kier molecular flexibility index (Phi) is 40.2. The number of hydrogen-bond acceptors (Lipinski definition) is 4. The first-order chi connectivity index (χ1) is 31.5. The molecule has 0 heterocycles. The van der Waals surface area contributed by atoms with Crippen molar-refractivity contribution in [3.8, 4) is 23.0 Å². The number of phenolic OH excluding ortho intramolecular Hbond substituents is 3. The molecule has 0 spiro atoms. The molecule has 0 saturated carbocycles. The van der Waals surface area contributed by atoms with Crippen molar-refractivity contribution in [1.29, 1.82) is 0 Å². The van der Waals surface area contributed by atoms with Crippen LogP contribution in [0, 0.1) is 0 Å². The summed E-state index contributed by atoms with van der Waals surface area (Å²) >= 11 is 0. The third-order valence-corrected chi connectivity index (χ3v) is 11.9. The van der Waals surface area contributed by atoms with Crippen molar-refractivity contribution in [2.45, 2.75) is 227 Å². The minimum atomic E-state index is 0.322. The van der Waals surface area contributed by atoms with E-state index in [0.29, 0.717) is 17.2 Å². The summed E-state index contributed by atoms with van der Waals surface area (Å²) in [5, 5.41) is 28.5. The molecule has 0 aliphatic carbocycles. The van der Waals surface area contributed by atoms with Gasteiger partial charge in [0.1, 0.15) is 23.0 Å². The fourth-order valence-corrected chi connectivity index (χ4v) is 7.86. The molecule has 0 aliphatic rings. The number of aryl methyl sites for hydroxylation is 2. The summed E-state index contributed by atoms with van der Waals surface area (Å²) in [6, 6.07) is 32.6. The maximum atomic E-state index is 10.3. The van der Waals surface area contributed by atoms with Gasteiger partial charge in [-0.15, -0.1) is 0 Å². The number of hydrogen-bond donors (Lipinski definition) is 3. The molecule has 0 fully saturated rings. The highest BCUT2D eigenvalue weighted by atomic mass is 16.5. The van der Waals surface area contributed by atoms with E-state index < -0.39 is 0 Å². The Bertz CT molecular complexity index is 1540. The highest BCUT2D eigenvalue weighted by Crippen LogP contribution is 2.26. The Hall–Kier alpha value is -3.92.